The second kappa shape index (κ2) is 29.4. The van der Waals surface area contributed by atoms with E-state index in [1.807, 2.05) is 30.3 Å². The van der Waals surface area contributed by atoms with Gasteiger partial charge in [-0.3, -0.25) is 5.92 Å². The van der Waals surface area contributed by atoms with Crippen LogP contribution in [0.4, 0.5) is 0 Å². The van der Waals surface area contributed by atoms with Gasteiger partial charge in [0, 0.05) is 16.5 Å². The summed E-state index contributed by atoms with van der Waals surface area (Å²) in [5.74, 6) is 2.28. The van der Waals surface area contributed by atoms with E-state index in [2.05, 4.69) is 158 Å². The van der Waals surface area contributed by atoms with E-state index in [0.29, 0.717) is 0 Å². The molecule has 2 fully saturated rings. The molecule has 0 aromatic heterocycles. The fourth-order valence-electron chi connectivity index (χ4n) is 5.68. The average molecular weight is 796 g/mol. The van der Waals surface area contributed by atoms with Gasteiger partial charge in [0.15, 0.2) is 0 Å². The van der Waals surface area contributed by atoms with Gasteiger partial charge in [-0.25, -0.2) is 0 Å². The molecule has 2 aliphatic carbocycles. The summed E-state index contributed by atoms with van der Waals surface area (Å²) in [6.45, 7) is 0. The summed E-state index contributed by atoms with van der Waals surface area (Å²) in [7, 11) is 0.331. The molecule has 4 heteroatoms. The van der Waals surface area contributed by atoms with E-state index in [1.54, 1.807) is 0 Å². The topological polar surface area (TPSA) is 0 Å². The largest absolute Gasteiger partial charge is 3.00 e. The SMILES string of the molecule is C1CCCC1.C1CCCC1.[C-]#Cc1ccccc1.[Ni].[Ti+3].c1ccc(P(c2ccccc2)c2ccccc2)cc1.c1ccc(Pc2ccccc2)cc1. The van der Waals surface area contributed by atoms with E-state index in [1.165, 1.54) is 90.7 Å². The molecule has 52 heavy (non-hydrogen) atoms. The third-order valence-corrected chi connectivity index (χ3v) is 12.0. The van der Waals surface area contributed by atoms with Crippen molar-refractivity contribution in [2.24, 2.45) is 0 Å². The molecular weight excluding hydrogens is 745 g/mol. The smallest absolute Gasteiger partial charge is 0.366 e. The van der Waals surface area contributed by atoms with Gasteiger partial charge in [-0.15, -0.1) is 17.7 Å². The van der Waals surface area contributed by atoms with Crippen LogP contribution in [0.1, 0.15) is 69.8 Å². The molecule has 2 aliphatic rings. The van der Waals surface area contributed by atoms with E-state index in [0.717, 1.165) is 14.1 Å². The quantitative estimate of drug-likeness (QED) is 0.0706. The first-order valence-corrected chi connectivity index (χ1v) is 20.5. The molecule has 265 valence electrons. The van der Waals surface area contributed by atoms with Crippen molar-refractivity contribution < 1.29 is 38.2 Å². The molecule has 0 atom stereocenters. The molecule has 0 spiro atoms. The Morgan fingerprint density at radius 1 is 0.365 bits per heavy atom. The summed E-state index contributed by atoms with van der Waals surface area (Å²) < 4.78 is 0. The zero-order valence-corrected chi connectivity index (χ0v) is 34.6. The van der Waals surface area contributed by atoms with E-state index in [4.69, 9.17) is 6.42 Å². The maximum Gasteiger partial charge on any atom is 3.00 e. The zero-order chi connectivity index (χ0) is 34.7. The number of benzene rings is 6. The maximum atomic E-state index is 6.69. The minimum Gasteiger partial charge on any atom is -0.366 e. The Bertz CT molecular complexity index is 1550. The summed E-state index contributed by atoms with van der Waals surface area (Å²) in [5, 5.41) is 6.99. The van der Waals surface area contributed by atoms with Crippen molar-refractivity contribution in [2.75, 3.05) is 0 Å². The fraction of sp³-hybridized carbons (Fsp3) is 0.208. The molecule has 8 rings (SSSR count). The molecule has 0 unspecified atom stereocenters. The predicted octanol–water partition coefficient (Wildman–Crippen LogP) is 11.3. The molecule has 0 heterocycles. The normalized spacial score (nSPS) is 12.2. The van der Waals surface area contributed by atoms with Crippen LogP contribution in [0.2, 0.25) is 0 Å². The molecule has 0 bridgehead atoms. The van der Waals surface area contributed by atoms with Crippen LogP contribution in [-0.4, -0.2) is 0 Å². The van der Waals surface area contributed by atoms with Gasteiger partial charge in [0.25, 0.3) is 0 Å². The third-order valence-electron chi connectivity index (χ3n) is 8.30. The van der Waals surface area contributed by atoms with Gasteiger partial charge in [-0.2, -0.15) is 0 Å². The van der Waals surface area contributed by atoms with Gasteiger partial charge in [0.05, 0.1) is 0 Å². The average Bonchev–Trinajstić information content (AvgIpc) is 3.99. The second-order valence-electron chi connectivity index (χ2n) is 12.2. The van der Waals surface area contributed by atoms with Gasteiger partial charge in [0.2, 0.25) is 0 Å². The summed E-state index contributed by atoms with van der Waals surface area (Å²) >= 11 is 0. The van der Waals surface area contributed by atoms with Crippen LogP contribution in [0.5, 0.6) is 0 Å². The minimum absolute atomic E-state index is 0. The molecule has 0 nitrogen and oxygen atoms in total. The Balaban J connectivity index is 0.000000246. The molecule has 1 radical (unpaired) electrons. The van der Waals surface area contributed by atoms with Crippen LogP contribution in [0.15, 0.2) is 182 Å². The first kappa shape index (κ1) is 45.1. The minimum atomic E-state index is -0.446. The summed E-state index contributed by atoms with van der Waals surface area (Å²) in [6, 6.07) is 62.8. The summed E-state index contributed by atoms with van der Waals surface area (Å²) in [4.78, 5) is 0. The molecule has 0 N–H and O–H groups in total. The predicted molar refractivity (Wildman–Crippen MR) is 224 cm³/mol. The fourth-order valence-corrected chi connectivity index (χ4v) is 9.03. The number of rotatable bonds is 5. The van der Waals surface area contributed by atoms with Crippen LogP contribution >= 0.6 is 16.5 Å². The van der Waals surface area contributed by atoms with Crippen molar-refractivity contribution >= 4 is 43.0 Å². The van der Waals surface area contributed by atoms with Crippen molar-refractivity contribution in [1.29, 1.82) is 0 Å². The van der Waals surface area contributed by atoms with Crippen LogP contribution in [-0.2, 0) is 38.2 Å². The van der Waals surface area contributed by atoms with Crippen LogP contribution < -0.4 is 26.5 Å². The van der Waals surface area contributed by atoms with Gasteiger partial charge >= 0.3 is 21.7 Å². The molecule has 0 amide bonds. The van der Waals surface area contributed by atoms with Crippen LogP contribution in [0.25, 0.3) is 0 Å². The molecule has 0 saturated heterocycles. The molecular formula is C48H51NiP2Ti+2. The van der Waals surface area contributed by atoms with E-state index >= 15 is 0 Å². The Kier molecular flexibility index (Phi) is 25.5. The first-order chi connectivity index (χ1) is 24.8. The summed E-state index contributed by atoms with van der Waals surface area (Å²) in [6.07, 6.45) is 21.7. The van der Waals surface area contributed by atoms with E-state index in [9.17, 15) is 0 Å². The standard InChI is InChI=1S/C18H15P.C12H11P.C8H5.2C5H10.Ni.Ti/c1-4-10-16(11-5-1)19(17-12-6-2-7-13-17)18-14-8-3-9-15-18;1-3-7-11(8-4-1)13-12-9-5-2-6-10-12;1-2-8-6-4-3-5-7-8;2*1-2-4-5-3-1;;/h1-15H;1-10,13H;3-7H;2*1-5H2;;/q;;-1;;;;+3. The Hall–Kier alpha value is -3.05. The molecule has 6 aromatic rings. The molecule has 2 saturated carbocycles. The number of hydrogen-bond acceptors (Lipinski definition) is 0. The van der Waals surface area contributed by atoms with Crippen molar-refractivity contribution in [2.45, 2.75) is 64.2 Å². The molecule has 0 aliphatic heterocycles. The van der Waals surface area contributed by atoms with Gasteiger partial charge in [-0.05, 0) is 34.4 Å². The van der Waals surface area contributed by atoms with Crippen molar-refractivity contribution in [1.82, 2.24) is 0 Å². The monoisotopic (exact) mass is 795 g/mol. The Morgan fingerprint density at radius 2 is 0.596 bits per heavy atom. The van der Waals surface area contributed by atoms with E-state index in [-0.39, 0.29) is 38.2 Å². The Labute approximate surface area is 343 Å². The molecule has 6 aromatic carbocycles. The van der Waals surface area contributed by atoms with Crippen molar-refractivity contribution in [3.63, 3.8) is 0 Å². The van der Waals surface area contributed by atoms with Gasteiger partial charge in [-0.1, -0.05) is 243 Å². The van der Waals surface area contributed by atoms with Crippen molar-refractivity contribution in [3.05, 3.63) is 194 Å². The maximum absolute atomic E-state index is 6.69. The summed E-state index contributed by atoms with van der Waals surface area (Å²) in [5.41, 5.74) is 0.826. The second-order valence-corrected chi connectivity index (χ2v) is 15.9. The van der Waals surface area contributed by atoms with Gasteiger partial charge < -0.3 is 6.42 Å². The zero-order valence-electron chi connectivity index (χ0n) is 30.2. The Morgan fingerprint density at radius 3 is 0.827 bits per heavy atom. The van der Waals surface area contributed by atoms with Gasteiger partial charge in [0.1, 0.15) is 0 Å². The van der Waals surface area contributed by atoms with Crippen molar-refractivity contribution in [3.8, 4) is 5.92 Å². The number of hydrogen-bond donors (Lipinski definition) is 0. The van der Waals surface area contributed by atoms with E-state index < -0.39 is 7.92 Å². The van der Waals surface area contributed by atoms with Crippen LogP contribution in [0, 0.1) is 12.3 Å². The first-order valence-electron chi connectivity index (χ1n) is 18.1. The third kappa shape index (κ3) is 18.6. The van der Waals surface area contributed by atoms with Crippen LogP contribution in [0.3, 0.4) is 0 Å².